The molecule has 0 aromatic heterocycles. The number of benzene rings is 1. The molecule has 0 spiro atoms. The second-order valence-electron chi connectivity index (χ2n) is 4.15. The van der Waals surface area contributed by atoms with Crippen LogP contribution in [0.2, 0.25) is 0 Å². The van der Waals surface area contributed by atoms with Gasteiger partial charge in [-0.25, -0.2) is 0 Å². The molecule has 1 aromatic rings. The van der Waals surface area contributed by atoms with Crippen LogP contribution in [0.4, 0.5) is 0 Å². The molecule has 1 aliphatic carbocycles. The first-order valence-corrected chi connectivity index (χ1v) is 6.06. The number of Topliss-reactive ketones (excluding diaryl/α,β-unsaturated/α-hetero) is 1. The van der Waals surface area contributed by atoms with E-state index in [0.717, 1.165) is 6.08 Å². The van der Waals surface area contributed by atoms with Crippen LogP contribution >= 0.6 is 0 Å². The normalized spacial score (nSPS) is 14.9. The van der Waals surface area contributed by atoms with Crippen molar-refractivity contribution in [3.63, 3.8) is 0 Å². The molecular formula is C15H11NO4. The van der Waals surface area contributed by atoms with Gasteiger partial charge in [0.15, 0.2) is 5.92 Å². The third-order valence-electron chi connectivity index (χ3n) is 2.96. The van der Waals surface area contributed by atoms with Crippen LogP contribution in [0.1, 0.15) is 22.8 Å². The highest BCUT2D eigenvalue weighted by molar-refractivity contribution is 6.50. The first-order chi connectivity index (χ1) is 9.60. The van der Waals surface area contributed by atoms with Crippen LogP contribution in [0.5, 0.6) is 0 Å². The van der Waals surface area contributed by atoms with Crippen LogP contribution in [0.25, 0.3) is 5.57 Å². The Bertz CT molecular complexity index is 667. The van der Waals surface area contributed by atoms with Crippen LogP contribution in [0.3, 0.4) is 0 Å². The number of fused-ring (bicyclic) bond motifs is 1. The number of esters is 1. The Morgan fingerprint density at radius 1 is 1.30 bits per heavy atom. The van der Waals surface area contributed by atoms with Crippen molar-refractivity contribution in [3.05, 3.63) is 41.5 Å². The molecule has 0 amide bonds. The van der Waals surface area contributed by atoms with E-state index in [2.05, 4.69) is 0 Å². The molecular weight excluding hydrogens is 258 g/mol. The number of nitrogens with zero attached hydrogens (tertiary/aromatic N) is 1. The molecule has 0 radical (unpaired) electrons. The molecule has 1 aliphatic rings. The lowest BCUT2D eigenvalue weighted by atomic mass is 9.83. The molecule has 2 rings (SSSR count). The molecule has 5 heteroatoms. The minimum absolute atomic E-state index is 0.138. The highest BCUT2D eigenvalue weighted by Gasteiger charge is 2.33. The highest BCUT2D eigenvalue weighted by atomic mass is 16.5. The summed E-state index contributed by atoms with van der Waals surface area (Å²) in [5.41, 5.74) is 0.849. The van der Waals surface area contributed by atoms with E-state index in [9.17, 15) is 14.4 Å². The molecule has 0 bridgehead atoms. The van der Waals surface area contributed by atoms with Gasteiger partial charge in [-0.05, 0) is 24.1 Å². The number of carbonyl (C=O) groups is 3. The van der Waals surface area contributed by atoms with Crippen molar-refractivity contribution in [2.24, 2.45) is 5.92 Å². The maximum absolute atomic E-state index is 11.8. The lowest BCUT2D eigenvalue weighted by Crippen LogP contribution is -2.25. The first kappa shape index (κ1) is 13.7. The van der Waals surface area contributed by atoms with E-state index < -0.39 is 23.5 Å². The van der Waals surface area contributed by atoms with Crippen LogP contribution in [-0.4, -0.2) is 24.1 Å². The lowest BCUT2D eigenvalue weighted by molar-refractivity contribution is -0.144. The van der Waals surface area contributed by atoms with Gasteiger partial charge < -0.3 is 4.74 Å². The zero-order valence-corrected chi connectivity index (χ0v) is 10.8. The summed E-state index contributed by atoms with van der Waals surface area (Å²) in [6.07, 6.45) is 1.05. The fourth-order valence-corrected chi connectivity index (χ4v) is 2.06. The van der Waals surface area contributed by atoms with Crippen LogP contribution in [0.15, 0.2) is 30.3 Å². The molecule has 0 heterocycles. The summed E-state index contributed by atoms with van der Waals surface area (Å²) in [6.45, 7) is 1.77. The summed E-state index contributed by atoms with van der Waals surface area (Å²) in [7, 11) is 0. The van der Waals surface area contributed by atoms with Crippen molar-refractivity contribution >= 4 is 23.1 Å². The second kappa shape index (κ2) is 5.49. The Labute approximate surface area is 115 Å². The summed E-state index contributed by atoms with van der Waals surface area (Å²) in [5, 5.41) is 9.17. The van der Waals surface area contributed by atoms with E-state index in [4.69, 9.17) is 10.00 Å². The number of hydrogen-bond donors (Lipinski definition) is 0. The van der Waals surface area contributed by atoms with E-state index >= 15 is 0 Å². The maximum Gasteiger partial charge on any atom is 0.327 e. The predicted molar refractivity (Wildman–Crippen MR) is 69.5 cm³/mol. The topological polar surface area (TPSA) is 84.2 Å². The van der Waals surface area contributed by atoms with E-state index in [1.54, 1.807) is 25.1 Å². The predicted octanol–water partition coefficient (Wildman–Crippen LogP) is 1.54. The Kier molecular flexibility index (Phi) is 3.76. The van der Waals surface area contributed by atoms with Crippen molar-refractivity contribution in [3.8, 4) is 6.07 Å². The van der Waals surface area contributed by atoms with E-state index in [-0.39, 0.29) is 17.7 Å². The second-order valence-corrected chi connectivity index (χ2v) is 4.15. The molecule has 20 heavy (non-hydrogen) atoms. The average Bonchev–Trinajstić information content (AvgIpc) is 2.45. The third kappa shape index (κ3) is 2.24. The van der Waals surface area contributed by atoms with Gasteiger partial charge in [-0.2, -0.15) is 5.26 Å². The number of nitriles is 1. The fraction of sp³-hybridized carbons (Fsp3) is 0.200. The van der Waals surface area contributed by atoms with Gasteiger partial charge in [-0.3, -0.25) is 14.4 Å². The summed E-state index contributed by atoms with van der Waals surface area (Å²) in [4.78, 5) is 35.2. The zero-order valence-electron chi connectivity index (χ0n) is 10.8. The number of allylic oxidation sites excluding steroid dienone is 1. The molecule has 0 N–H and O–H groups in total. The maximum atomic E-state index is 11.8. The minimum atomic E-state index is -1.21. The quantitative estimate of drug-likeness (QED) is 0.613. The fourth-order valence-electron chi connectivity index (χ4n) is 2.06. The number of rotatable bonds is 3. The third-order valence-corrected chi connectivity index (χ3v) is 2.96. The van der Waals surface area contributed by atoms with Crippen molar-refractivity contribution < 1.29 is 19.1 Å². The van der Waals surface area contributed by atoms with Gasteiger partial charge in [-0.1, -0.05) is 24.3 Å². The van der Waals surface area contributed by atoms with Crippen molar-refractivity contribution in [1.29, 1.82) is 5.26 Å². The number of hydrogen-bond acceptors (Lipinski definition) is 5. The number of ether oxygens (including phenoxy) is 1. The van der Waals surface area contributed by atoms with Crippen molar-refractivity contribution in [2.75, 3.05) is 6.61 Å². The summed E-state index contributed by atoms with van der Waals surface area (Å²) < 4.78 is 4.83. The van der Waals surface area contributed by atoms with Gasteiger partial charge >= 0.3 is 5.97 Å². The summed E-state index contributed by atoms with van der Waals surface area (Å²) >= 11 is 0. The van der Waals surface area contributed by atoms with E-state index in [1.807, 2.05) is 6.07 Å². The number of carbonyl (C=O) groups excluding carboxylic acids is 3. The summed E-state index contributed by atoms with van der Waals surface area (Å²) in [5.74, 6) is -3.31. The van der Waals surface area contributed by atoms with Crippen molar-refractivity contribution in [1.82, 2.24) is 0 Å². The van der Waals surface area contributed by atoms with Gasteiger partial charge in [0.1, 0.15) is 0 Å². The standard InChI is InChI=1S/C15H11NO4/c1-2-20-15(19)12(8-16)11-7-13(17)14(18)10-6-4-3-5-9(10)11/h3-7,12H,2H2,1H3. The molecule has 1 atom stereocenters. The van der Waals surface area contributed by atoms with E-state index in [0.29, 0.717) is 5.56 Å². The monoisotopic (exact) mass is 269 g/mol. The molecule has 0 aliphatic heterocycles. The summed E-state index contributed by atoms with van der Waals surface area (Å²) in [6, 6.07) is 8.23. The Balaban J connectivity index is 2.53. The van der Waals surface area contributed by atoms with Gasteiger partial charge in [0.2, 0.25) is 11.6 Å². The lowest BCUT2D eigenvalue weighted by Gasteiger charge is -2.18. The first-order valence-electron chi connectivity index (χ1n) is 6.06. The molecule has 1 unspecified atom stereocenters. The average molecular weight is 269 g/mol. The largest absolute Gasteiger partial charge is 0.465 e. The Morgan fingerprint density at radius 3 is 2.55 bits per heavy atom. The minimum Gasteiger partial charge on any atom is -0.465 e. The van der Waals surface area contributed by atoms with Crippen LogP contribution in [-0.2, 0) is 14.3 Å². The molecule has 0 fully saturated rings. The van der Waals surface area contributed by atoms with Gasteiger partial charge in [0, 0.05) is 5.56 Å². The molecule has 5 nitrogen and oxygen atoms in total. The SMILES string of the molecule is CCOC(=O)C(C#N)C1=CC(=O)C(=O)c2ccccc21. The van der Waals surface area contributed by atoms with Gasteiger partial charge in [0.25, 0.3) is 0 Å². The Hall–Kier alpha value is -2.74. The smallest absolute Gasteiger partial charge is 0.327 e. The highest BCUT2D eigenvalue weighted by Crippen LogP contribution is 2.31. The molecule has 100 valence electrons. The van der Waals surface area contributed by atoms with Crippen molar-refractivity contribution in [2.45, 2.75) is 6.92 Å². The molecule has 0 saturated heterocycles. The molecule has 0 saturated carbocycles. The van der Waals surface area contributed by atoms with Crippen LogP contribution in [0, 0.1) is 17.2 Å². The van der Waals surface area contributed by atoms with E-state index in [1.165, 1.54) is 6.07 Å². The zero-order chi connectivity index (χ0) is 14.7. The van der Waals surface area contributed by atoms with Gasteiger partial charge in [0.05, 0.1) is 12.7 Å². The van der Waals surface area contributed by atoms with Crippen LogP contribution < -0.4 is 0 Å². The van der Waals surface area contributed by atoms with Gasteiger partial charge in [-0.15, -0.1) is 0 Å². The number of ketones is 2. The Morgan fingerprint density at radius 2 is 1.95 bits per heavy atom. The molecule has 1 aromatic carbocycles.